The molecular formula is C19H38N5O2+. The lowest BCUT2D eigenvalue weighted by molar-refractivity contribution is -0.897. The minimum Gasteiger partial charge on any atom is -0.341 e. The van der Waals surface area contributed by atoms with E-state index in [-0.39, 0.29) is 24.9 Å². The molecule has 2 saturated heterocycles. The molecule has 2 aliphatic rings. The van der Waals surface area contributed by atoms with E-state index in [1.54, 1.807) is 0 Å². The Labute approximate surface area is 158 Å². The summed E-state index contributed by atoms with van der Waals surface area (Å²) in [6.07, 6.45) is 4.15. The van der Waals surface area contributed by atoms with Crippen molar-refractivity contribution in [1.29, 1.82) is 0 Å². The van der Waals surface area contributed by atoms with Gasteiger partial charge >= 0.3 is 0 Å². The highest BCUT2D eigenvalue weighted by Gasteiger charge is 2.30. The second kappa shape index (κ2) is 9.15. The molecule has 150 valence electrons. The first-order valence-corrected chi connectivity index (χ1v) is 9.92. The van der Waals surface area contributed by atoms with Crippen LogP contribution in [0.15, 0.2) is 0 Å². The van der Waals surface area contributed by atoms with Crippen LogP contribution in [0.5, 0.6) is 0 Å². The van der Waals surface area contributed by atoms with Crippen molar-refractivity contribution in [2.24, 2.45) is 0 Å². The SMILES string of the molecule is CN(C)C1CCN(C(=O)CNCC(=O)N2CCC([N+](C)(C)C)CC2)CC1. The van der Waals surface area contributed by atoms with E-state index in [2.05, 4.69) is 45.5 Å². The van der Waals surface area contributed by atoms with Crippen LogP contribution >= 0.6 is 0 Å². The van der Waals surface area contributed by atoms with Crippen LogP contribution in [0.4, 0.5) is 0 Å². The van der Waals surface area contributed by atoms with Crippen LogP contribution in [0.25, 0.3) is 0 Å². The van der Waals surface area contributed by atoms with Crippen LogP contribution in [-0.4, -0.2) is 118 Å². The topological polar surface area (TPSA) is 55.9 Å². The fourth-order valence-corrected chi connectivity index (χ4v) is 4.02. The molecule has 0 atom stereocenters. The van der Waals surface area contributed by atoms with Crippen molar-refractivity contribution in [1.82, 2.24) is 20.0 Å². The van der Waals surface area contributed by atoms with Gasteiger partial charge in [-0.3, -0.25) is 14.9 Å². The predicted molar refractivity (Wildman–Crippen MR) is 104 cm³/mol. The van der Waals surface area contributed by atoms with E-state index in [1.165, 1.54) is 0 Å². The van der Waals surface area contributed by atoms with Gasteiger partial charge in [0.15, 0.2) is 0 Å². The Morgan fingerprint density at radius 1 is 0.885 bits per heavy atom. The van der Waals surface area contributed by atoms with Gasteiger partial charge < -0.3 is 19.2 Å². The third kappa shape index (κ3) is 5.93. The van der Waals surface area contributed by atoms with E-state index < -0.39 is 0 Å². The molecule has 0 bridgehead atoms. The quantitative estimate of drug-likeness (QED) is 0.661. The summed E-state index contributed by atoms with van der Waals surface area (Å²) in [6.45, 7) is 3.80. The Bertz CT molecular complexity index is 473. The van der Waals surface area contributed by atoms with Crippen molar-refractivity contribution in [2.75, 3.05) is 74.5 Å². The number of carbonyl (C=O) groups is 2. The molecule has 7 heteroatoms. The molecule has 2 aliphatic heterocycles. The van der Waals surface area contributed by atoms with Gasteiger partial charge in [-0.1, -0.05) is 0 Å². The number of nitrogens with one attached hydrogen (secondary N) is 1. The first-order chi connectivity index (χ1) is 12.2. The number of nitrogens with zero attached hydrogens (tertiary/aromatic N) is 4. The lowest BCUT2D eigenvalue weighted by Gasteiger charge is -2.40. The van der Waals surface area contributed by atoms with Gasteiger partial charge in [-0.15, -0.1) is 0 Å². The summed E-state index contributed by atoms with van der Waals surface area (Å²) in [4.78, 5) is 30.8. The van der Waals surface area contributed by atoms with Gasteiger partial charge in [-0.25, -0.2) is 0 Å². The van der Waals surface area contributed by atoms with Crippen molar-refractivity contribution in [2.45, 2.75) is 37.8 Å². The molecule has 7 nitrogen and oxygen atoms in total. The molecule has 0 spiro atoms. The minimum absolute atomic E-state index is 0.110. The highest BCUT2D eigenvalue weighted by molar-refractivity contribution is 5.81. The van der Waals surface area contributed by atoms with Crippen molar-refractivity contribution >= 4 is 11.8 Å². The molecule has 26 heavy (non-hydrogen) atoms. The molecule has 2 rings (SSSR count). The highest BCUT2D eigenvalue weighted by Crippen LogP contribution is 2.18. The van der Waals surface area contributed by atoms with Gasteiger partial charge in [0.25, 0.3) is 0 Å². The fraction of sp³-hybridized carbons (Fsp3) is 0.895. The molecular weight excluding hydrogens is 330 g/mol. The zero-order chi connectivity index (χ0) is 19.3. The van der Waals surface area contributed by atoms with Crippen LogP contribution in [0.1, 0.15) is 25.7 Å². The summed E-state index contributed by atoms with van der Waals surface area (Å²) >= 11 is 0. The molecule has 0 aromatic carbocycles. The van der Waals surface area contributed by atoms with E-state index in [0.717, 1.165) is 56.3 Å². The number of piperidine rings is 2. The molecule has 0 unspecified atom stereocenters. The second-order valence-corrected chi connectivity index (χ2v) is 8.91. The zero-order valence-electron chi connectivity index (χ0n) is 17.3. The third-order valence-corrected chi connectivity index (χ3v) is 6.01. The highest BCUT2D eigenvalue weighted by atomic mass is 16.2. The number of hydrogen-bond acceptors (Lipinski definition) is 4. The number of rotatable bonds is 6. The van der Waals surface area contributed by atoms with Crippen LogP contribution in [0.2, 0.25) is 0 Å². The van der Waals surface area contributed by atoms with Crippen LogP contribution < -0.4 is 5.32 Å². The molecule has 2 fully saturated rings. The summed E-state index contributed by atoms with van der Waals surface area (Å²) in [5.41, 5.74) is 0. The van der Waals surface area contributed by atoms with Crippen molar-refractivity contribution in [3.8, 4) is 0 Å². The van der Waals surface area contributed by atoms with Gasteiger partial charge in [-0.05, 0) is 26.9 Å². The van der Waals surface area contributed by atoms with E-state index in [4.69, 9.17) is 0 Å². The molecule has 0 aromatic heterocycles. The van der Waals surface area contributed by atoms with Crippen molar-refractivity contribution in [3.05, 3.63) is 0 Å². The molecule has 2 amide bonds. The molecule has 1 N–H and O–H groups in total. The maximum absolute atomic E-state index is 12.4. The smallest absolute Gasteiger partial charge is 0.236 e. The van der Waals surface area contributed by atoms with Gasteiger partial charge in [0.2, 0.25) is 11.8 Å². The largest absolute Gasteiger partial charge is 0.341 e. The van der Waals surface area contributed by atoms with E-state index in [1.807, 2.05) is 9.80 Å². The van der Waals surface area contributed by atoms with Gasteiger partial charge in [0.1, 0.15) is 0 Å². The van der Waals surface area contributed by atoms with Crippen molar-refractivity contribution < 1.29 is 14.1 Å². The first-order valence-electron chi connectivity index (χ1n) is 9.92. The lowest BCUT2D eigenvalue weighted by Crippen LogP contribution is -2.53. The number of amides is 2. The Morgan fingerprint density at radius 2 is 1.31 bits per heavy atom. The van der Waals surface area contributed by atoms with Crippen LogP contribution in [0.3, 0.4) is 0 Å². The van der Waals surface area contributed by atoms with E-state index in [9.17, 15) is 9.59 Å². The molecule has 0 aliphatic carbocycles. The average molecular weight is 369 g/mol. The summed E-state index contributed by atoms with van der Waals surface area (Å²) in [7, 11) is 10.8. The zero-order valence-corrected chi connectivity index (χ0v) is 17.3. The van der Waals surface area contributed by atoms with Gasteiger partial charge in [0.05, 0.1) is 40.3 Å². The number of hydrogen-bond donors (Lipinski definition) is 1. The Hall–Kier alpha value is -1.18. The van der Waals surface area contributed by atoms with Crippen LogP contribution in [-0.2, 0) is 9.59 Å². The lowest BCUT2D eigenvalue weighted by atomic mass is 10.0. The van der Waals surface area contributed by atoms with E-state index in [0.29, 0.717) is 12.1 Å². The monoisotopic (exact) mass is 368 g/mol. The second-order valence-electron chi connectivity index (χ2n) is 8.91. The molecule has 0 radical (unpaired) electrons. The van der Waals surface area contributed by atoms with Gasteiger partial charge in [-0.2, -0.15) is 0 Å². The summed E-state index contributed by atoms with van der Waals surface area (Å²) in [5, 5.41) is 3.06. The maximum atomic E-state index is 12.4. The number of likely N-dealkylation sites (tertiary alicyclic amines) is 2. The fourth-order valence-electron chi connectivity index (χ4n) is 4.02. The predicted octanol–water partition coefficient (Wildman–Crippen LogP) is -0.174. The first kappa shape index (κ1) is 21.1. The Balaban J connectivity index is 1.64. The standard InChI is InChI=1S/C19H38N5O2/c1-21(2)16-6-10-22(11-7-16)18(25)14-20-15-19(26)23-12-8-17(9-13-23)24(3,4)5/h16-17,20H,6-15H2,1-5H3/q+1. The normalized spacial score (nSPS) is 20.7. The summed E-state index contributed by atoms with van der Waals surface area (Å²) < 4.78 is 0.958. The maximum Gasteiger partial charge on any atom is 0.236 e. The van der Waals surface area contributed by atoms with Gasteiger partial charge in [0, 0.05) is 45.1 Å². The Kier molecular flexibility index (Phi) is 7.43. The molecule has 0 aromatic rings. The molecule has 2 heterocycles. The van der Waals surface area contributed by atoms with E-state index >= 15 is 0 Å². The summed E-state index contributed by atoms with van der Waals surface area (Å²) in [5.74, 6) is 0.225. The molecule has 0 saturated carbocycles. The Morgan fingerprint density at radius 3 is 1.69 bits per heavy atom. The third-order valence-electron chi connectivity index (χ3n) is 6.01. The average Bonchev–Trinajstić information content (AvgIpc) is 2.61. The number of quaternary nitrogens is 1. The summed E-state index contributed by atoms with van der Waals surface area (Å²) in [6, 6.07) is 1.20. The van der Waals surface area contributed by atoms with Crippen LogP contribution in [0, 0.1) is 0 Å². The number of carbonyl (C=O) groups excluding carboxylic acids is 2. The van der Waals surface area contributed by atoms with Crippen molar-refractivity contribution in [3.63, 3.8) is 0 Å². The minimum atomic E-state index is 0.110.